The second kappa shape index (κ2) is 7.42. The molecule has 0 aliphatic heterocycles. The van der Waals surface area contributed by atoms with Crippen LogP contribution >= 0.6 is 0 Å². The summed E-state index contributed by atoms with van der Waals surface area (Å²) in [6.45, 7) is -0.143. The van der Waals surface area contributed by atoms with Crippen LogP contribution in [0.15, 0.2) is 47.4 Å². The highest BCUT2D eigenvalue weighted by molar-refractivity contribution is 7.89. The number of halogens is 4. The predicted molar refractivity (Wildman–Crippen MR) is 86.8 cm³/mol. The largest absolute Gasteiger partial charge is 0.402 e. The van der Waals surface area contributed by atoms with Gasteiger partial charge in [-0.3, -0.25) is 4.79 Å². The van der Waals surface area contributed by atoms with Crippen LogP contribution in [0.3, 0.4) is 0 Å². The van der Waals surface area contributed by atoms with Crippen LogP contribution in [0.1, 0.15) is 15.9 Å². The Hall–Kier alpha value is -2.46. The van der Waals surface area contributed by atoms with Gasteiger partial charge in [0.1, 0.15) is 12.4 Å². The summed E-state index contributed by atoms with van der Waals surface area (Å²) in [4.78, 5) is 11.7. The number of amides is 1. The fourth-order valence-corrected chi connectivity index (χ4v) is 2.93. The molecule has 0 saturated heterocycles. The summed E-state index contributed by atoms with van der Waals surface area (Å²) < 4.78 is 74.8. The molecule has 0 atom stereocenters. The Labute approximate surface area is 147 Å². The minimum absolute atomic E-state index is 0.0663. The molecule has 0 bridgehead atoms. The number of carbonyl (C=O) groups is 1. The lowest BCUT2D eigenvalue weighted by molar-refractivity contribution is -0.121. The Morgan fingerprint density at radius 2 is 1.69 bits per heavy atom. The molecule has 0 aliphatic rings. The van der Waals surface area contributed by atoms with Gasteiger partial charge in [-0.2, -0.15) is 13.2 Å². The topological polar surface area (TPSA) is 75.3 Å². The van der Waals surface area contributed by atoms with Crippen molar-refractivity contribution in [2.75, 3.05) is 11.9 Å². The molecule has 0 radical (unpaired) electrons. The van der Waals surface area contributed by atoms with E-state index in [0.29, 0.717) is 5.56 Å². The van der Waals surface area contributed by atoms with Crippen LogP contribution in [0.2, 0.25) is 0 Å². The first-order chi connectivity index (χ1) is 12.0. The quantitative estimate of drug-likeness (QED) is 0.770. The molecule has 0 saturated carbocycles. The first-order valence-corrected chi connectivity index (χ1v) is 8.70. The maximum absolute atomic E-state index is 13.5. The minimum Gasteiger partial charge on any atom is -0.322 e. The first kappa shape index (κ1) is 19.9. The fraction of sp³-hybridized carbons (Fsp3) is 0.188. The van der Waals surface area contributed by atoms with Crippen molar-refractivity contribution in [3.05, 3.63) is 59.4 Å². The molecule has 0 aliphatic carbocycles. The molecule has 0 aromatic heterocycles. The van der Waals surface area contributed by atoms with Gasteiger partial charge >= 0.3 is 6.18 Å². The Kier molecular flexibility index (Phi) is 5.67. The molecular weight excluding hydrogens is 376 g/mol. The first-order valence-electron chi connectivity index (χ1n) is 7.22. The highest BCUT2D eigenvalue weighted by atomic mass is 32.2. The molecule has 2 aromatic carbocycles. The maximum atomic E-state index is 13.5. The van der Waals surface area contributed by atoms with E-state index >= 15 is 0 Å². The van der Waals surface area contributed by atoms with Crippen molar-refractivity contribution in [2.24, 2.45) is 0 Å². The number of rotatable bonds is 5. The van der Waals surface area contributed by atoms with Gasteiger partial charge in [0, 0.05) is 11.3 Å². The number of aryl methyl sites for hydroxylation is 1. The van der Waals surface area contributed by atoms with Crippen molar-refractivity contribution in [1.82, 2.24) is 4.72 Å². The van der Waals surface area contributed by atoms with Gasteiger partial charge in [-0.25, -0.2) is 17.5 Å². The Morgan fingerprint density at radius 3 is 2.23 bits per heavy atom. The summed E-state index contributed by atoms with van der Waals surface area (Å²) in [5.74, 6) is -1.16. The zero-order chi connectivity index (χ0) is 19.5. The third kappa shape index (κ3) is 5.27. The average molecular weight is 390 g/mol. The lowest BCUT2D eigenvalue weighted by Crippen LogP contribution is -2.33. The van der Waals surface area contributed by atoms with E-state index in [1.54, 1.807) is 6.92 Å². The Bertz CT molecular complexity index is 910. The molecule has 5 nitrogen and oxygen atoms in total. The molecular formula is C16H14F4N2O3S. The molecule has 1 amide bonds. The number of hydrogen-bond acceptors (Lipinski definition) is 3. The van der Waals surface area contributed by atoms with Gasteiger partial charge in [0.25, 0.3) is 5.91 Å². The summed E-state index contributed by atoms with van der Waals surface area (Å²) in [5.41, 5.74) is 0.643. The standard InChI is InChI=1S/C16H14F4N2O3S/c1-10-2-3-11(8-14(10)17)15(23)22-12-4-6-13(7-5-12)26(24,25)21-9-16(18,19)20/h2-8,21H,9H2,1H3,(H,22,23). The third-order valence-electron chi connectivity index (χ3n) is 3.32. The van der Waals surface area contributed by atoms with Crippen LogP contribution < -0.4 is 10.0 Å². The second-order valence-electron chi connectivity index (χ2n) is 5.38. The van der Waals surface area contributed by atoms with Crippen LogP contribution in [0.5, 0.6) is 0 Å². The van der Waals surface area contributed by atoms with E-state index in [4.69, 9.17) is 0 Å². The van der Waals surface area contributed by atoms with Crippen molar-refractivity contribution >= 4 is 21.6 Å². The van der Waals surface area contributed by atoms with Gasteiger partial charge in [-0.15, -0.1) is 0 Å². The third-order valence-corrected chi connectivity index (χ3v) is 4.74. The van der Waals surface area contributed by atoms with Crippen molar-refractivity contribution in [3.63, 3.8) is 0 Å². The molecule has 140 valence electrons. The summed E-state index contributed by atoms with van der Waals surface area (Å²) in [6, 6.07) is 8.44. The Balaban J connectivity index is 2.09. The summed E-state index contributed by atoms with van der Waals surface area (Å²) in [5, 5.41) is 2.44. The van der Waals surface area contributed by atoms with E-state index in [1.165, 1.54) is 29.0 Å². The number of hydrogen-bond donors (Lipinski definition) is 2. The van der Waals surface area contributed by atoms with Crippen LogP contribution in [0, 0.1) is 12.7 Å². The predicted octanol–water partition coefficient (Wildman–Crippen LogP) is 3.23. The van der Waals surface area contributed by atoms with Crippen molar-refractivity contribution in [2.45, 2.75) is 18.0 Å². The highest BCUT2D eigenvalue weighted by Crippen LogP contribution is 2.18. The smallest absolute Gasteiger partial charge is 0.322 e. The summed E-state index contributed by atoms with van der Waals surface area (Å²) in [7, 11) is -4.33. The molecule has 0 spiro atoms. The summed E-state index contributed by atoms with van der Waals surface area (Å²) >= 11 is 0. The Morgan fingerprint density at radius 1 is 1.08 bits per heavy atom. The van der Waals surface area contributed by atoms with E-state index in [-0.39, 0.29) is 16.1 Å². The van der Waals surface area contributed by atoms with Crippen molar-refractivity contribution in [1.29, 1.82) is 0 Å². The monoisotopic (exact) mass is 390 g/mol. The number of benzene rings is 2. The molecule has 0 fully saturated rings. The number of nitrogens with one attached hydrogen (secondary N) is 2. The van der Waals surface area contributed by atoms with Crippen molar-refractivity contribution in [3.8, 4) is 0 Å². The fourth-order valence-electron chi connectivity index (χ4n) is 1.91. The molecule has 0 unspecified atom stereocenters. The number of sulfonamides is 1. The molecule has 10 heteroatoms. The van der Waals surface area contributed by atoms with Crippen LogP contribution in [-0.2, 0) is 10.0 Å². The van der Waals surface area contributed by atoms with E-state index in [1.807, 2.05) is 0 Å². The van der Waals surface area contributed by atoms with Gasteiger partial charge in [-0.1, -0.05) is 6.07 Å². The van der Waals surface area contributed by atoms with E-state index < -0.39 is 34.5 Å². The van der Waals surface area contributed by atoms with Gasteiger partial charge in [0.2, 0.25) is 10.0 Å². The van der Waals surface area contributed by atoms with Gasteiger partial charge in [-0.05, 0) is 48.9 Å². The zero-order valence-corrected chi connectivity index (χ0v) is 14.2. The molecule has 2 N–H and O–H groups in total. The van der Waals surface area contributed by atoms with Gasteiger partial charge in [0.05, 0.1) is 4.90 Å². The van der Waals surface area contributed by atoms with Crippen LogP contribution in [-0.4, -0.2) is 27.0 Å². The molecule has 0 heterocycles. The van der Waals surface area contributed by atoms with E-state index in [0.717, 1.165) is 18.2 Å². The van der Waals surface area contributed by atoms with E-state index in [9.17, 15) is 30.8 Å². The lowest BCUT2D eigenvalue weighted by Gasteiger charge is -2.10. The minimum atomic E-state index is -4.68. The summed E-state index contributed by atoms with van der Waals surface area (Å²) in [6.07, 6.45) is -4.68. The van der Waals surface area contributed by atoms with Crippen molar-refractivity contribution < 1.29 is 30.8 Å². The molecule has 2 aromatic rings. The van der Waals surface area contributed by atoms with Crippen LogP contribution in [0.25, 0.3) is 0 Å². The lowest BCUT2D eigenvalue weighted by atomic mass is 10.1. The molecule has 26 heavy (non-hydrogen) atoms. The second-order valence-corrected chi connectivity index (χ2v) is 7.15. The number of alkyl halides is 3. The number of anilines is 1. The number of carbonyl (C=O) groups excluding carboxylic acids is 1. The zero-order valence-electron chi connectivity index (χ0n) is 13.4. The normalized spacial score (nSPS) is 12.0. The maximum Gasteiger partial charge on any atom is 0.402 e. The average Bonchev–Trinajstić information content (AvgIpc) is 2.55. The SMILES string of the molecule is Cc1ccc(C(=O)Nc2ccc(S(=O)(=O)NCC(F)(F)F)cc2)cc1F. The molecule has 2 rings (SSSR count). The van der Waals surface area contributed by atoms with Crippen LogP contribution in [0.4, 0.5) is 23.2 Å². The van der Waals surface area contributed by atoms with Gasteiger partial charge in [0.15, 0.2) is 0 Å². The highest BCUT2D eigenvalue weighted by Gasteiger charge is 2.30. The van der Waals surface area contributed by atoms with Gasteiger partial charge < -0.3 is 5.32 Å². The van der Waals surface area contributed by atoms with E-state index in [2.05, 4.69) is 5.32 Å².